The van der Waals surface area contributed by atoms with Gasteiger partial charge in [-0.15, -0.1) is 0 Å². The Bertz CT molecular complexity index is 652. The van der Waals surface area contributed by atoms with E-state index >= 15 is 0 Å². The van der Waals surface area contributed by atoms with Crippen molar-refractivity contribution in [1.82, 2.24) is 14.7 Å². The van der Waals surface area contributed by atoms with E-state index < -0.39 is 0 Å². The van der Waals surface area contributed by atoms with E-state index in [-0.39, 0.29) is 0 Å². The van der Waals surface area contributed by atoms with Crippen LogP contribution in [0.1, 0.15) is 37.7 Å². The summed E-state index contributed by atoms with van der Waals surface area (Å²) >= 11 is 0. The molecule has 0 aromatic heterocycles. The predicted octanol–water partition coefficient (Wildman–Crippen LogP) is 2.60. The molecule has 0 aliphatic carbocycles. The second-order valence-electron chi connectivity index (χ2n) is 8.85. The molecule has 5 heteroatoms. The molecule has 1 spiro atoms. The van der Waals surface area contributed by atoms with Crippen LogP contribution < -0.4 is 4.74 Å². The summed E-state index contributed by atoms with van der Waals surface area (Å²) in [6.07, 6.45) is 5.41. The van der Waals surface area contributed by atoms with E-state index in [1.54, 1.807) is 7.11 Å². The number of methoxy groups -OCH3 is 1. The number of ether oxygens (including phenoxy) is 1. The van der Waals surface area contributed by atoms with E-state index in [2.05, 4.69) is 33.9 Å². The van der Waals surface area contributed by atoms with E-state index in [4.69, 9.17) is 4.74 Å². The maximum absolute atomic E-state index is 12.6. The Hall–Kier alpha value is -1.59. The molecule has 5 nitrogen and oxygen atoms in total. The predicted molar refractivity (Wildman–Crippen MR) is 107 cm³/mol. The number of nitrogens with zero attached hydrogens (tertiary/aromatic N) is 3. The molecule has 3 heterocycles. The molecular weight excluding hydrogens is 338 g/mol. The molecule has 4 rings (SSSR count). The van der Waals surface area contributed by atoms with Crippen molar-refractivity contribution in [3.8, 4) is 5.75 Å². The zero-order valence-corrected chi connectivity index (χ0v) is 16.8. The average molecular weight is 372 g/mol. The zero-order valence-electron chi connectivity index (χ0n) is 16.8. The molecule has 1 amide bonds. The van der Waals surface area contributed by atoms with E-state index in [9.17, 15) is 4.79 Å². The number of piperidine rings is 2. The topological polar surface area (TPSA) is 36.0 Å². The first-order valence-electron chi connectivity index (χ1n) is 10.4. The third-order valence-corrected chi connectivity index (χ3v) is 6.98. The molecule has 3 aliphatic heterocycles. The summed E-state index contributed by atoms with van der Waals surface area (Å²) in [6.45, 7) is 6.44. The van der Waals surface area contributed by atoms with Crippen molar-refractivity contribution in [3.63, 3.8) is 0 Å². The summed E-state index contributed by atoms with van der Waals surface area (Å²) in [5, 5.41) is 0. The lowest BCUT2D eigenvalue weighted by atomic mass is 9.72. The van der Waals surface area contributed by atoms with Crippen LogP contribution in [-0.2, 0) is 11.3 Å². The maximum Gasteiger partial charge on any atom is 0.222 e. The van der Waals surface area contributed by atoms with Gasteiger partial charge in [-0.3, -0.25) is 9.69 Å². The fourth-order valence-corrected chi connectivity index (χ4v) is 5.13. The van der Waals surface area contributed by atoms with Gasteiger partial charge in [-0.05, 0) is 75.5 Å². The molecule has 148 valence electrons. The fraction of sp³-hybridized carbons (Fsp3) is 0.682. The number of likely N-dealkylation sites (tertiary alicyclic amines) is 3. The van der Waals surface area contributed by atoms with Gasteiger partial charge >= 0.3 is 0 Å². The zero-order chi connectivity index (χ0) is 18.9. The first kappa shape index (κ1) is 18.8. The largest absolute Gasteiger partial charge is 0.497 e. The van der Waals surface area contributed by atoms with E-state index in [1.165, 1.54) is 18.4 Å². The van der Waals surface area contributed by atoms with Crippen LogP contribution in [0.5, 0.6) is 5.75 Å². The number of benzene rings is 1. The highest BCUT2D eigenvalue weighted by atomic mass is 16.5. The number of likely N-dealkylation sites (N-methyl/N-ethyl adjacent to an activating group) is 1. The molecule has 0 saturated carbocycles. The summed E-state index contributed by atoms with van der Waals surface area (Å²) in [5.74, 6) is 1.31. The maximum atomic E-state index is 12.6. The number of rotatable bonds is 4. The number of amides is 1. The van der Waals surface area contributed by atoms with Gasteiger partial charge in [0.2, 0.25) is 5.91 Å². The number of carbonyl (C=O) groups excluding carboxylic acids is 1. The first-order valence-corrected chi connectivity index (χ1v) is 10.4. The van der Waals surface area contributed by atoms with E-state index in [0.29, 0.717) is 17.4 Å². The van der Waals surface area contributed by atoms with Gasteiger partial charge in [0.1, 0.15) is 5.75 Å². The van der Waals surface area contributed by atoms with Crippen LogP contribution in [-0.4, -0.2) is 73.5 Å². The molecule has 0 N–H and O–H groups in total. The molecule has 3 saturated heterocycles. The van der Waals surface area contributed by atoms with Crippen LogP contribution in [0.25, 0.3) is 0 Å². The van der Waals surface area contributed by atoms with Gasteiger partial charge < -0.3 is 14.5 Å². The van der Waals surface area contributed by atoms with Gasteiger partial charge in [-0.25, -0.2) is 0 Å². The third kappa shape index (κ3) is 4.14. The fourth-order valence-electron chi connectivity index (χ4n) is 5.13. The third-order valence-electron chi connectivity index (χ3n) is 6.98. The van der Waals surface area contributed by atoms with Crippen LogP contribution in [0.15, 0.2) is 24.3 Å². The number of hydrogen-bond acceptors (Lipinski definition) is 4. The normalized spacial score (nSPS) is 26.7. The van der Waals surface area contributed by atoms with Crippen LogP contribution in [0.3, 0.4) is 0 Å². The quantitative estimate of drug-likeness (QED) is 0.815. The highest BCUT2D eigenvalue weighted by Gasteiger charge is 2.43. The molecule has 0 unspecified atom stereocenters. The summed E-state index contributed by atoms with van der Waals surface area (Å²) in [5.41, 5.74) is 1.70. The van der Waals surface area contributed by atoms with Gasteiger partial charge in [0, 0.05) is 32.1 Å². The molecule has 3 aliphatic rings. The van der Waals surface area contributed by atoms with Gasteiger partial charge in [-0.2, -0.15) is 0 Å². The van der Waals surface area contributed by atoms with Crippen molar-refractivity contribution in [2.75, 3.05) is 46.9 Å². The van der Waals surface area contributed by atoms with Crippen molar-refractivity contribution in [2.24, 2.45) is 5.41 Å². The second kappa shape index (κ2) is 7.80. The molecule has 1 aromatic carbocycles. The van der Waals surface area contributed by atoms with Gasteiger partial charge in [0.15, 0.2) is 0 Å². The lowest BCUT2D eigenvalue weighted by Crippen LogP contribution is -2.54. The van der Waals surface area contributed by atoms with E-state index in [1.807, 2.05) is 12.1 Å². The Balaban J connectivity index is 1.33. The standard InChI is InChI=1S/C22H33N3O2/c1-23-12-8-19(16-23)25-17-22(9-7-21(25)26)10-13-24(14-11-22)15-18-3-5-20(27-2)6-4-18/h3-6,19H,7-17H2,1-2H3/t19-/m1/s1. The monoisotopic (exact) mass is 371 g/mol. The summed E-state index contributed by atoms with van der Waals surface area (Å²) in [7, 11) is 3.88. The highest BCUT2D eigenvalue weighted by molar-refractivity contribution is 5.77. The lowest BCUT2D eigenvalue weighted by Gasteiger charge is -2.49. The van der Waals surface area contributed by atoms with Crippen LogP contribution in [0, 0.1) is 5.41 Å². The molecular formula is C22H33N3O2. The van der Waals surface area contributed by atoms with Crippen LogP contribution in [0.2, 0.25) is 0 Å². The Morgan fingerprint density at radius 1 is 1.11 bits per heavy atom. The van der Waals surface area contributed by atoms with Crippen molar-refractivity contribution in [1.29, 1.82) is 0 Å². The Labute approximate surface area is 163 Å². The molecule has 27 heavy (non-hydrogen) atoms. The van der Waals surface area contributed by atoms with Crippen molar-refractivity contribution < 1.29 is 9.53 Å². The SMILES string of the molecule is COc1ccc(CN2CCC3(CCC(=O)N([C@@H]4CCN(C)C4)C3)CC2)cc1. The Morgan fingerprint density at radius 3 is 2.48 bits per heavy atom. The minimum absolute atomic E-state index is 0.353. The smallest absolute Gasteiger partial charge is 0.222 e. The molecule has 1 atom stereocenters. The van der Waals surface area contributed by atoms with Crippen molar-refractivity contribution in [3.05, 3.63) is 29.8 Å². The average Bonchev–Trinajstić information content (AvgIpc) is 3.13. The lowest BCUT2D eigenvalue weighted by molar-refractivity contribution is -0.142. The van der Waals surface area contributed by atoms with Gasteiger partial charge in [0.25, 0.3) is 0 Å². The van der Waals surface area contributed by atoms with E-state index in [0.717, 1.165) is 64.3 Å². The molecule has 0 radical (unpaired) electrons. The minimum atomic E-state index is 0.353. The minimum Gasteiger partial charge on any atom is -0.497 e. The summed E-state index contributed by atoms with van der Waals surface area (Å²) in [6, 6.07) is 8.87. The van der Waals surface area contributed by atoms with Crippen LogP contribution in [0.4, 0.5) is 0 Å². The number of carbonyl (C=O) groups is 1. The Morgan fingerprint density at radius 2 is 1.85 bits per heavy atom. The Kier molecular flexibility index (Phi) is 5.42. The summed E-state index contributed by atoms with van der Waals surface area (Å²) < 4.78 is 5.25. The van der Waals surface area contributed by atoms with Gasteiger partial charge in [-0.1, -0.05) is 12.1 Å². The van der Waals surface area contributed by atoms with Crippen LogP contribution >= 0.6 is 0 Å². The molecule has 0 bridgehead atoms. The highest BCUT2D eigenvalue weighted by Crippen LogP contribution is 2.41. The molecule has 1 aromatic rings. The first-order chi connectivity index (χ1) is 13.1. The van der Waals surface area contributed by atoms with Crippen molar-refractivity contribution in [2.45, 2.75) is 44.7 Å². The number of hydrogen-bond donors (Lipinski definition) is 0. The van der Waals surface area contributed by atoms with Gasteiger partial charge in [0.05, 0.1) is 7.11 Å². The second-order valence-corrected chi connectivity index (χ2v) is 8.85. The molecule has 3 fully saturated rings. The van der Waals surface area contributed by atoms with Crippen molar-refractivity contribution >= 4 is 5.91 Å². The summed E-state index contributed by atoms with van der Waals surface area (Å²) in [4.78, 5) is 19.7.